The van der Waals surface area contributed by atoms with E-state index < -0.39 is 0 Å². The van der Waals surface area contributed by atoms with Crippen LogP contribution in [0.15, 0.2) is 36.5 Å². The van der Waals surface area contributed by atoms with Crippen LogP contribution in [-0.2, 0) is 27.3 Å². The molecular weight excluding hydrogens is 279 g/mol. The monoisotopic (exact) mass is 291 g/mol. The zero-order chi connectivity index (χ0) is 7.68. The van der Waals surface area contributed by atoms with Gasteiger partial charge in [0, 0.05) is 38.9 Å². The van der Waals surface area contributed by atoms with E-state index in [0.29, 0.717) is 0 Å². The maximum atomic E-state index is 4.24. The third kappa shape index (κ3) is 2.67. The van der Waals surface area contributed by atoms with Crippen LogP contribution in [-0.4, -0.2) is 4.98 Å². The molecule has 1 nitrogen and oxygen atoms in total. The average molecular weight is 290 g/mol. The molecule has 0 fully saturated rings. The van der Waals surface area contributed by atoms with Crippen LogP contribution < -0.4 is 0 Å². The summed E-state index contributed by atoms with van der Waals surface area (Å²) in [5, 5.41) is 1.25. The van der Waals surface area contributed by atoms with Gasteiger partial charge in [0.15, 0.2) is 0 Å². The van der Waals surface area contributed by atoms with E-state index in [-0.39, 0.29) is 40.8 Å². The molecule has 1 aromatic carbocycles. The Morgan fingerprint density at radius 1 is 1.08 bits per heavy atom. The Hall–Kier alpha value is -0.0979. The summed E-state index contributed by atoms with van der Waals surface area (Å²) in [6.07, 6.45) is 1.82. The molecule has 0 aliphatic carbocycles. The Morgan fingerprint density at radius 3 is 2.54 bits per heavy atom. The van der Waals surface area contributed by atoms with Crippen LogP contribution in [0.4, 0.5) is 0 Å². The molecule has 0 bridgehead atoms. The van der Waals surface area contributed by atoms with Crippen molar-refractivity contribution in [2.45, 2.75) is 6.92 Å². The molecule has 13 heavy (non-hydrogen) atoms. The zero-order valence-electron chi connectivity index (χ0n) is 7.62. The topological polar surface area (TPSA) is 12.9 Å². The molecule has 0 aliphatic heterocycles. The van der Waals surface area contributed by atoms with Crippen LogP contribution in [0.25, 0.3) is 10.9 Å². The Labute approximate surface area is 105 Å². The van der Waals surface area contributed by atoms with E-state index >= 15 is 0 Å². The van der Waals surface area contributed by atoms with E-state index in [9.17, 15) is 0 Å². The Bertz CT molecular complexity index is 384. The fraction of sp³-hybridized carbons (Fsp3) is 0.100. The van der Waals surface area contributed by atoms with Crippen LogP contribution in [0, 0.1) is 6.92 Å². The zero-order valence-corrected chi connectivity index (χ0v) is 12.7. The molecule has 0 radical (unpaired) electrons. The summed E-state index contributed by atoms with van der Waals surface area (Å²) < 4.78 is 0. The molecule has 0 unspecified atom stereocenters. The van der Waals surface area contributed by atoms with Gasteiger partial charge in [-0.3, -0.25) is 4.98 Å². The first-order chi connectivity index (χ1) is 5.38. The van der Waals surface area contributed by atoms with Crippen molar-refractivity contribution >= 4 is 24.4 Å². The Balaban J connectivity index is 0.000000720. The summed E-state index contributed by atoms with van der Waals surface area (Å²) in [6.45, 7) is 2.10. The van der Waals surface area contributed by atoms with Gasteiger partial charge in [-0.15, -0.1) is 0 Å². The van der Waals surface area contributed by atoms with Gasteiger partial charge < -0.3 is 0 Å². The summed E-state index contributed by atoms with van der Waals surface area (Å²) in [4.78, 5) is 4.24. The Morgan fingerprint density at radius 2 is 1.85 bits per heavy atom. The number of benzene rings is 1. The largest absolute Gasteiger partial charge is 0.256 e. The van der Waals surface area contributed by atoms with Gasteiger partial charge in [-0.05, 0) is 24.6 Å². The summed E-state index contributed by atoms with van der Waals surface area (Å²) in [6, 6.07) is 10.2. The fourth-order valence-corrected chi connectivity index (χ4v) is 1.26. The first-order valence-corrected chi connectivity index (χ1v) is 3.68. The van der Waals surface area contributed by atoms with E-state index in [4.69, 9.17) is 0 Å². The normalized spacial score (nSPS) is 8.69. The molecule has 3 heteroatoms. The number of nitrogens with zero attached hydrogens (tertiary/aromatic N) is 1. The molecule has 0 saturated carbocycles. The summed E-state index contributed by atoms with van der Waals surface area (Å²) >= 11 is 0. The maximum absolute atomic E-state index is 4.24. The van der Waals surface area contributed by atoms with Crippen molar-refractivity contribution < 1.29 is 27.3 Å². The number of hydrogen-bond acceptors (Lipinski definition) is 1. The maximum Gasteiger partial charge on any atom is 0.0704 e. The summed E-state index contributed by atoms with van der Waals surface area (Å²) in [5.41, 5.74) is 2.36. The van der Waals surface area contributed by atoms with Crippen molar-refractivity contribution in [1.29, 1.82) is 0 Å². The van der Waals surface area contributed by atoms with E-state index in [1.165, 1.54) is 10.9 Å². The van der Waals surface area contributed by atoms with Gasteiger partial charge in [-0.2, -0.15) is 13.5 Å². The second-order valence-corrected chi connectivity index (χ2v) is 2.64. The summed E-state index contributed by atoms with van der Waals surface area (Å²) in [7, 11) is 0. The van der Waals surface area contributed by atoms with Crippen LogP contribution in [0.5, 0.6) is 0 Å². The number of rotatable bonds is 0. The molecule has 2 rings (SSSR count). The standard InChI is InChI=1S/C10H9N.Cd.H2S/c1-8-4-2-6-10-9(8)5-3-7-11-10;;/h2-7H,1H3;;1H2. The van der Waals surface area contributed by atoms with E-state index in [2.05, 4.69) is 24.0 Å². The second-order valence-electron chi connectivity index (χ2n) is 2.64. The molecule has 0 N–H and O–H groups in total. The van der Waals surface area contributed by atoms with Crippen LogP contribution >= 0.6 is 13.5 Å². The van der Waals surface area contributed by atoms with Crippen molar-refractivity contribution in [3.05, 3.63) is 42.1 Å². The van der Waals surface area contributed by atoms with Crippen molar-refractivity contribution in [2.75, 3.05) is 0 Å². The van der Waals surface area contributed by atoms with Gasteiger partial charge in [-0.1, -0.05) is 18.2 Å². The minimum atomic E-state index is 0. The smallest absolute Gasteiger partial charge is 0.0704 e. The van der Waals surface area contributed by atoms with E-state index in [0.717, 1.165) is 5.52 Å². The first-order valence-electron chi connectivity index (χ1n) is 3.68. The van der Waals surface area contributed by atoms with Gasteiger partial charge in [0.2, 0.25) is 0 Å². The van der Waals surface area contributed by atoms with Crippen molar-refractivity contribution in [1.82, 2.24) is 4.98 Å². The van der Waals surface area contributed by atoms with Gasteiger partial charge in [0.25, 0.3) is 0 Å². The van der Waals surface area contributed by atoms with Crippen molar-refractivity contribution in [3.63, 3.8) is 0 Å². The average Bonchev–Trinajstić information content (AvgIpc) is 2.06. The Kier molecular flexibility index (Phi) is 5.55. The van der Waals surface area contributed by atoms with Gasteiger partial charge in [0.05, 0.1) is 5.52 Å². The predicted molar refractivity (Wildman–Crippen MR) is 56.9 cm³/mol. The van der Waals surface area contributed by atoms with Crippen molar-refractivity contribution in [3.8, 4) is 0 Å². The van der Waals surface area contributed by atoms with Gasteiger partial charge >= 0.3 is 0 Å². The molecule has 64 valence electrons. The minimum Gasteiger partial charge on any atom is -0.256 e. The predicted octanol–water partition coefficient (Wildman–Crippen LogP) is 2.65. The van der Waals surface area contributed by atoms with Crippen LogP contribution in [0.1, 0.15) is 5.56 Å². The number of aromatic nitrogens is 1. The molecular formula is C10H11CdNS. The number of aryl methyl sites for hydroxylation is 1. The molecule has 1 heterocycles. The number of pyridine rings is 1. The van der Waals surface area contributed by atoms with Crippen molar-refractivity contribution in [2.24, 2.45) is 0 Å². The quantitative estimate of drug-likeness (QED) is 0.680. The second kappa shape index (κ2) is 5.59. The number of fused-ring (bicyclic) bond motifs is 1. The molecule has 0 saturated heterocycles. The molecule has 2 aromatic rings. The van der Waals surface area contributed by atoms with Crippen LogP contribution in [0.2, 0.25) is 0 Å². The first kappa shape index (κ1) is 12.9. The molecule has 0 spiro atoms. The van der Waals surface area contributed by atoms with E-state index in [1.807, 2.05) is 24.4 Å². The fourth-order valence-electron chi connectivity index (χ4n) is 1.26. The van der Waals surface area contributed by atoms with E-state index in [1.54, 1.807) is 0 Å². The van der Waals surface area contributed by atoms with Gasteiger partial charge in [0.1, 0.15) is 0 Å². The molecule has 0 amide bonds. The third-order valence-electron chi connectivity index (χ3n) is 1.86. The molecule has 0 atom stereocenters. The molecule has 0 aliphatic rings. The van der Waals surface area contributed by atoms with Crippen LogP contribution in [0.3, 0.4) is 0 Å². The minimum absolute atomic E-state index is 0. The third-order valence-corrected chi connectivity index (χ3v) is 1.86. The summed E-state index contributed by atoms with van der Waals surface area (Å²) in [5.74, 6) is 0. The molecule has 1 aromatic heterocycles. The number of hydrogen-bond donors (Lipinski definition) is 0. The van der Waals surface area contributed by atoms with Gasteiger partial charge in [-0.25, -0.2) is 0 Å². The SMILES string of the molecule is Cc1cccc2ncccc12.S.[Cd].